The maximum atomic E-state index is 11.6. The topological polar surface area (TPSA) is 49.8 Å². The Morgan fingerprint density at radius 1 is 1.06 bits per heavy atom. The predicted molar refractivity (Wildman–Crippen MR) is 138 cm³/mol. The molecule has 5 heteroatoms. The summed E-state index contributed by atoms with van der Waals surface area (Å²) in [7, 11) is 0. The number of nitrogens with zero attached hydrogens (tertiary/aromatic N) is 1. The molecule has 34 heavy (non-hydrogen) atoms. The van der Waals surface area contributed by atoms with Crippen molar-refractivity contribution >= 4 is 28.3 Å². The molecule has 1 aliphatic carbocycles. The second-order valence-corrected chi connectivity index (χ2v) is 11.2. The van der Waals surface area contributed by atoms with E-state index in [0.717, 1.165) is 72.4 Å². The quantitative estimate of drug-likeness (QED) is 0.440. The lowest BCUT2D eigenvalue weighted by molar-refractivity contribution is -0.144. The van der Waals surface area contributed by atoms with Gasteiger partial charge >= 0.3 is 5.97 Å². The lowest BCUT2D eigenvalue weighted by Crippen LogP contribution is -2.46. The molecule has 3 aliphatic rings. The summed E-state index contributed by atoms with van der Waals surface area (Å²) in [4.78, 5) is 14.2. The Labute approximate surface area is 208 Å². The molecule has 0 amide bonds. The molecule has 2 saturated heterocycles. The molecule has 1 N–H and O–H groups in total. The van der Waals surface area contributed by atoms with E-state index in [1.165, 1.54) is 24.8 Å². The van der Waals surface area contributed by atoms with Gasteiger partial charge in [-0.3, -0.25) is 9.69 Å². The third kappa shape index (κ3) is 4.56. The van der Waals surface area contributed by atoms with Crippen LogP contribution in [-0.4, -0.2) is 34.2 Å². The lowest BCUT2D eigenvalue weighted by atomic mass is 9.86. The van der Waals surface area contributed by atoms with E-state index in [9.17, 15) is 9.90 Å². The number of carboxylic acid groups (broad SMARTS) is 1. The first-order valence-corrected chi connectivity index (χ1v) is 13.7. The molecular weight excluding hydrogens is 446 g/mol. The van der Waals surface area contributed by atoms with Crippen molar-refractivity contribution in [2.24, 2.45) is 11.8 Å². The van der Waals surface area contributed by atoms with Gasteiger partial charge in [-0.15, -0.1) is 0 Å². The van der Waals surface area contributed by atoms with Crippen molar-refractivity contribution in [1.82, 2.24) is 4.90 Å². The summed E-state index contributed by atoms with van der Waals surface area (Å²) >= 11 is 6.84. The maximum Gasteiger partial charge on any atom is 0.306 e. The van der Waals surface area contributed by atoms with Gasteiger partial charge in [0.1, 0.15) is 5.75 Å². The summed E-state index contributed by atoms with van der Waals surface area (Å²) < 4.78 is 6.36. The molecule has 1 saturated carbocycles. The highest BCUT2D eigenvalue weighted by Crippen LogP contribution is 2.45. The van der Waals surface area contributed by atoms with Crippen LogP contribution in [0, 0.1) is 11.8 Å². The lowest BCUT2D eigenvalue weighted by Gasteiger charge is -2.42. The molecule has 3 atom stereocenters. The maximum absolute atomic E-state index is 11.6. The van der Waals surface area contributed by atoms with Crippen LogP contribution in [0.1, 0.15) is 89.7 Å². The molecule has 5 rings (SSSR count). The standard InChI is InChI=1S/C29H38ClNO3/c1-3-18-5-11-24(12-6-18)34-27-14-8-19-15-20(7-13-25(19)28(27)30)26(4-2)31-22-9-10-23(31)17-21(16-22)29(32)33/h7-8,13-15,18,21-24,26H,3-6,9-12,16-17H2,1-2H3,(H,32,33)/t18?,21?,22?,23?,24?,26-/m1/s1. The minimum absolute atomic E-state index is 0.183. The van der Waals surface area contributed by atoms with Crippen LogP contribution in [0.5, 0.6) is 5.75 Å². The van der Waals surface area contributed by atoms with E-state index < -0.39 is 5.97 Å². The second kappa shape index (κ2) is 10.1. The highest BCUT2D eigenvalue weighted by Gasteiger charge is 2.45. The van der Waals surface area contributed by atoms with Crippen molar-refractivity contribution in [2.45, 2.75) is 102 Å². The molecule has 4 nitrogen and oxygen atoms in total. The number of ether oxygens (including phenoxy) is 1. The number of benzene rings is 2. The van der Waals surface area contributed by atoms with Crippen molar-refractivity contribution in [3.63, 3.8) is 0 Å². The number of fused-ring (bicyclic) bond motifs is 3. The van der Waals surface area contributed by atoms with Gasteiger partial charge in [0.05, 0.1) is 17.0 Å². The van der Waals surface area contributed by atoms with Crippen molar-refractivity contribution < 1.29 is 14.6 Å². The number of rotatable bonds is 7. The summed E-state index contributed by atoms with van der Waals surface area (Å²) in [5, 5.41) is 12.5. The Morgan fingerprint density at radius 3 is 2.38 bits per heavy atom. The first-order chi connectivity index (χ1) is 16.5. The Kier molecular flexibility index (Phi) is 7.09. The van der Waals surface area contributed by atoms with E-state index in [1.807, 2.05) is 6.07 Å². The summed E-state index contributed by atoms with van der Waals surface area (Å²) in [6.07, 6.45) is 11.1. The summed E-state index contributed by atoms with van der Waals surface area (Å²) in [6.45, 7) is 4.53. The van der Waals surface area contributed by atoms with Gasteiger partial charge in [-0.25, -0.2) is 0 Å². The number of carboxylic acids is 1. The van der Waals surface area contributed by atoms with Crippen molar-refractivity contribution in [3.8, 4) is 5.75 Å². The first-order valence-electron chi connectivity index (χ1n) is 13.4. The molecule has 184 valence electrons. The van der Waals surface area contributed by atoms with Gasteiger partial charge in [-0.1, -0.05) is 50.1 Å². The van der Waals surface area contributed by atoms with Gasteiger partial charge < -0.3 is 9.84 Å². The largest absolute Gasteiger partial charge is 0.489 e. The Morgan fingerprint density at radius 2 is 1.76 bits per heavy atom. The van der Waals surface area contributed by atoms with E-state index in [0.29, 0.717) is 18.1 Å². The summed E-state index contributed by atoms with van der Waals surface area (Å²) in [5.74, 6) is 0.850. The molecule has 2 heterocycles. The van der Waals surface area contributed by atoms with Gasteiger partial charge in [-0.2, -0.15) is 0 Å². The van der Waals surface area contributed by atoms with Crippen LogP contribution in [0.3, 0.4) is 0 Å². The Balaban J connectivity index is 1.35. The van der Waals surface area contributed by atoms with Crippen LogP contribution in [0.25, 0.3) is 10.8 Å². The molecule has 3 fully saturated rings. The Hall–Kier alpha value is -1.78. The second-order valence-electron chi connectivity index (χ2n) is 10.8. The van der Waals surface area contributed by atoms with E-state index in [2.05, 4.69) is 43.0 Å². The molecule has 2 aliphatic heterocycles. The highest BCUT2D eigenvalue weighted by atomic mass is 35.5. The average Bonchev–Trinajstić information content (AvgIpc) is 3.09. The SMILES string of the molecule is CCC1CCC(Oc2ccc3cc([C@@H](CC)N4C5CCC4CC(C(=O)O)C5)ccc3c2Cl)CC1. The predicted octanol–water partition coefficient (Wildman–Crippen LogP) is 7.62. The van der Waals surface area contributed by atoms with E-state index in [1.54, 1.807) is 0 Å². The molecule has 2 aromatic rings. The number of hydrogen-bond acceptors (Lipinski definition) is 3. The van der Waals surface area contributed by atoms with E-state index in [4.69, 9.17) is 16.3 Å². The third-order valence-electron chi connectivity index (χ3n) is 8.88. The van der Waals surface area contributed by atoms with Gasteiger partial charge in [0.25, 0.3) is 0 Å². The van der Waals surface area contributed by atoms with Gasteiger partial charge in [0.2, 0.25) is 0 Å². The van der Waals surface area contributed by atoms with Crippen molar-refractivity contribution in [1.29, 1.82) is 0 Å². The molecule has 0 radical (unpaired) electrons. The highest BCUT2D eigenvalue weighted by molar-refractivity contribution is 6.37. The zero-order valence-electron chi connectivity index (χ0n) is 20.5. The smallest absolute Gasteiger partial charge is 0.306 e. The van der Waals surface area contributed by atoms with Gasteiger partial charge in [-0.05, 0) is 86.8 Å². The molecule has 2 bridgehead atoms. The number of hydrogen-bond donors (Lipinski definition) is 1. The van der Waals surface area contributed by atoms with Crippen LogP contribution in [-0.2, 0) is 4.79 Å². The minimum atomic E-state index is -0.624. The molecule has 0 spiro atoms. The zero-order valence-corrected chi connectivity index (χ0v) is 21.3. The van der Waals surface area contributed by atoms with Crippen LogP contribution < -0.4 is 4.74 Å². The summed E-state index contributed by atoms with van der Waals surface area (Å²) in [5.41, 5.74) is 1.31. The molecular formula is C29H38ClNO3. The fraction of sp³-hybridized carbons (Fsp3) is 0.621. The minimum Gasteiger partial charge on any atom is -0.489 e. The van der Waals surface area contributed by atoms with Crippen LogP contribution in [0.15, 0.2) is 30.3 Å². The van der Waals surface area contributed by atoms with Crippen molar-refractivity contribution in [3.05, 3.63) is 40.9 Å². The van der Waals surface area contributed by atoms with E-state index in [-0.39, 0.29) is 12.0 Å². The van der Waals surface area contributed by atoms with Crippen molar-refractivity contribution in [2.75, 3.05) is 0 Å². The van der Waals surface area contributed by atoms with E-state index >= 15 is 0 Å². The van der Waals surface area contributed by atoms with Crippen LogP contribution in [0.4, 0.5) is 0 Å². The number of piperidine rings is 1. The van der Waals surface area contributed by atoms with Gasteiger partial charge in [0.15, 0.2) is 0 Å². The summed E-state index contributed by atoms with van der Waals surface area (Å²) in [6, 6.07) is 11.9. The first kappa shape index (κ1) is 23.9. The van der Waals surface area contributed by atoms with Crippen LogP contribution in [0.2, 0.25) is 5.02 Å². The fourth-order valence-corrected chi connectivity index (χ4v) is 7.25. The average molecular weight is 484 g/mol. The third-order valence-corrected chi connectivity index (χ3v) is 9.27. The van der Waals surface area contributed by atoms with Gasteiger partial charge in [0, 0.05) is 23.5 Å². The number of aliphatic carboxylic acids is 1. The number of halogens is 1. The molecule has 2 aromatic carbocycles. The monoisotopic (exact) mass is 483 g/mol. The zero-order chi connectivity index (χ0) is 23.8. The molecule has 2 unspecified atom stereocenters. The Bertz CT molecular complexity index is 1020. The number of carbonyl (C=O) groups is 1. The normalized spacial score (nSPS) is 30.4. The fourth-order valence-electron chi connectivity index (χ4n) is 6.97. The van der Waals surface area contributed by atoms with Crippen LogP contribution >= 0.6 is 11.6 Å². The molecule has 0 aromatic heterocycles.